The Morgan fingerprint density at radius 2 is 1.67 bits per heavy atom. The molecule has 0 bridgehead atoms. The quantitative estimate of drug-likeness (QED) is 0.627. The first kappa shape index (κ1) is 18.7. The van der Waals surface area contributed by atoms with Gasteiger partial charge in [-0.05, 0) is 45.0 Å². The normalized spacial score (nSPS) is 11.2. The predicted molar refractivity (Wildman–Crippen MR) is 104 cm³/mol. The number of aromatic amines is 1. The number of benzene rings is 2. The third kappa shape index (κ3) is 4.01. The van der Waals surface area contributed by atoms with Gasteiger partial charge in [-0.3, -0.25) is 14.6 Å². The van der Waals surface area contributed by atoms with Crippen molar-refractivity contribution in [3.8, 4) is 0 Å². The van der Waals surface area contributed by atoms with Crippen LogP contribution in [0.1, 0.15) is 27.3 Å². The highest BCUT2D eigenvalue weighted by Gasteiger charge is 2.19. The van der Waals surface area contributed by atoms with Crippen LogP contribution in [-0.2, 0) is 10.0 Å². The molecule has 1 amide bonds. The summed E-state index contributed by atoms with van der Waals surface area (Å²) in [6, 6.07) is 12.9. The van der Waals surface area contributed by atoms with E-state index in [2.05, 4.69) is 20.2 Å². The van der Waals surface area contributed by atoms with Crippen molar-refractivity contribution < 1.29 is 13.2 Å². The van der Waals surface area contributed by atoms with E-state index in [0.29, 0.717) is 11.4 Å². The van der Waals surface area contributed by atoms with E-state index in [-0.39, 0.29) is 16.1 Å². The number of aryl methyl sites for hydroxylation is 3. The fraction of sp³-hybridized carbons (Fsp3) is 0.158. The Hall–Kier alpha value is -3.13. The van der Waals surface area contributed by atoms with E-state index < -0.39 is 15.9 Å². The van der Waals surface area contributed by atoms with Crippen LogP contribution in [0, 0.1) is 20.8 Å². The van der Waals surface area contributed by atoms with Crippen molar-refractivity contribution in [2.24, 2.45) is 0 Å². The summed E-state index contributed by atoms with van der Waals surface area (Å²) in [6.45, 7) is 5.44. The standard InChI is InChI=1S/C19H20N4O3S/c1-12-8-10-15(11-9-12)27(25,26)23-17-7-5-4-6-16(17)19(24)20-18-13(2)21-22-14(18)3/h4-11,23H,1-3H3,(H,20,24)(H,21,22). The summed E-state index contributed by atoms with van der Waals surface area (Å²) < 4.78 is 27.8. The first-order chi connectivity index (χ1) is 12.8. The Balaban J connectivity index is 1.90. The number of nitrogens with one attached hydrogen (secondary N) is 3. The molecule has 2 aromatic carbocycles. The van der Waals surface area contributed by atoms with E-state index >= 15 is 0 Å². The van der Waals surface area contributed by atoms with Crippen LogP contribution in [0.2, 0.25) is 0 Å². The molecule has 0 aliphatic rings. The lowest BCUT2D eigenvalue weighted by molar-refractivity contribution is 0.102. The second-order valence-electron chi connectivity index (χ2n) is 6.23. The minimum absolute atomic E-state index is 0.129. The summed E-state index contributed by atoms with van der Waals surface area (Å²) in [5.74, 6) is -0.426. The van der Waals surface area contributed by atoms with Crippen LogP contribution in [-0.4, -0.2) is 24.5 Å². The van der Waals surface area contributed by atoms with Crippen LogP contribution in [0.15, 0.2) is 53.4 Å². The second kappa shape index (κ2) is 7.24. The number of hydrogen-bond donors (Lipinski definition) is 3. The van der Waals surface area contributed by atoms with Gasteiger partial charge in [0.25, 0.3) is 15.9 Å². The number of aromatic nitrogens is 2. The molecule has 3 aromatic rings. The van der Waals surface area contributed by atoms with Crippen LogP contribution in [0.3, 0.4) is 0 Å². The van der Waals surface area contributed by atoms with Gasteiger partial charge in [0.1, 0.15) is 0 Å². The topological polar surface area (TPSA) is 104 Å². The number of amides is 1. The summed E-state index contributed by atoms with van der Waals surface area (Å²) in [6.07, 6.45) is 0. The molecular weight excluding hydrogens is 364 g/mol. The monoisotopic (exact) mass is 384 g/mol. The van der Waals surface area contributed by atoms with E-state index in [1.807, 2.05) is 6.92 Å². The van der Waals surface area contributed by atoms with Crippen molar-refractivity contribution in [1.82, 2.24) is 10.2 Å². The number of para-hydroxylation sites is 1. The molecule has 0 radical (unpaired) electrons. The van der Waals surface area contributed by atoms with E-state index in [1.165, 1.54) is 12.1 Å². The molecular formula is C19H20N4O3S. The molecule has 0 fully saturated rings. The molecule has 1 heterocycles. The molecule has 3 rings (SSSR count). The average molecular weight is 384 g/mol. The largest absolute Gasteiger partial charge is 0.319 e. The zero-order valence-corrected chi connectivity index (χ0v) is 16.0. The zero-order valence-electron chi connectivity index (χ0n) is 15.2. The highest BCUT2D eigenvalue weighted by Crippen LogP contribution is 2.23. The zero-order chi connectivity index (χ0) is 19.6. The molecule has 0 spiro atoms. The van der Waals surface area contributed by atoms with Crippen molar-refractivity contribution in [1.29, 1.82) is 0 Å². The van der Waals surface area contributed by atoms with Crippen LogP contribution >= 0.6 is 0 Å². The van der Waals surface area contributed by atoms with Gasteiger partial charge in [0, 0.05) is 0 Å². The smallest absolute Gasteiger partial charge is 0.261 e. The maximum absolute atomic E-state index is 12.7. The van der Waals surface area contributed by atoms with Crippen molar-refractivity contribution in [2.45, 2.75) is 25.7 Å². The first-order valence-corrected chi connectivity index (χ1v) is 9.77. The molecule has 1 aromatic heterocycles. The third-order valence-corrected chi connectivity index (χ3v) is 5.50. The number of H-pyrrole nitrogens is 1. The lowest BCUT2D eigenvalue weighted by Gasteiger charge is -2.13. The van der Waals surface area contributed by atoms with Gasteiger partial charge in [0.05, 0.1) is 33.2 Å². The fourth-order valence-corrected chi connectivity index (χ4v) is 3.69. The van der Waals surface area contributed by atoms with Gasteiger partial charge in [-0.1, -0.05) is 29.8 Å². The van der Waals surface area contributed by atoms with E-state index in [1.54, 1.807) is 50.2 Å². The summed E-state index contributed by atoms with van der Waals surface area (Å²) in [5.41, 5.74) is 3.33. The Kier molecular flexibility index (Phi) is 5.00. The highest BCUT2D eigenvalue weighted by atomic mass is 32.2. The average Bonchev–Trinajstić information content (AvgIpc) is 2.94. The molecule has 7 nitrogen and oxygen atoms in total. The third-order valence-electron chi connectivity index (χ3n) is 4.11. The predicted octanol–water partition coefficient (Wildman–Crippen LogP) is 3.39. The van der Waals surface area contributed by atoms with Gasteiger partial charge < -0.3 is 5.32 Å². The van der Waals surface area contributed by atoms with Crippen molar-refractivity contribution in [2.75, 3.05) is 10.0 Å². The number of carbonyl (C=O) groups is 1. The Morgan fingerprint density at radius 3 is 2.30 bits per heavy atom. The van der Waals surface area contributed by atoms with Gasteiger partial charge >= 0.3 is 0 Å². The minimum Gasteiger partial charge on any atom is -0.319 e. The van der Waals surface area contributed by atoms with Crippen LogP contribution in [0.25, 0.3) is 0 Å². The summed E-state index contributed by atoms with van der Waals surface area (Å²) >= 11 is 0. The lowest BCUT2D eigenvalue weighted by atomic mass is 10.1. The number of nitrogens with zero attached hydrogens (tertiary/aromatic N) is 1. The summed E-state index contributed by atoms with van der Waals surface area (Å²) in [4.78, 5) is 12.8. The number of anilines is 2. The van der Waals surface area contributed by atoms with E-state index in [0.717, 1.165) is 11.3 Å². The van der Waals surface area contributed by atoms with Crippen molar-refractivity contribution >= 4 is 27.3 Å². The molecule has 0 aliphatic carbocycles. The summed E-state index contributed by atoms with van der Waals surface area (Å²) in [5, 5.41) is 9.62. The molecule has 0 saturated heterocycles. The van der Waals surface area contributed by atoms with Crippen LogP contribution < -0.4 is 10.0 Å². The van der Waals surface area contributed by atoms with E-state index in [4.69, 9.17) is 0 Å². The lowest BCUT2D eigenvalue weighted by Crippen LogP contribution is -2.19. The molecule has 0 unspecified atom stereocenters. The molecule has 0 saturated carbocycles. The molecule has 0 aliphatic heterocycles. The van der Waals surface area contributed by atoms with Gasteiger partial charge in [-0.2, -0.15) is 5.10 Å². The van der Waals surface area contributed by atoms with Crippen molar-refractivity contribution in [3.63, 3.8) is 0 Å². The number of sulfonamides is 1. The van der Waals surface area contributed by atoms with Gasteiger partial charge in [0.2, 0.25) is 0 Å². The maximum Gasteiger partial charge on any atom is 0.261 e. The molecule has 27 heavy (non-hydrogen) atoms. The Labute approximate surface area is 157 Å². The highest BCUT2D eigenvalue weighted by molar-refractivity contribution is 7.92. The minimum atomic E-state index is -3.81. The maximum atomic E-state index is 12.7. The fourth-order valence-electron chi connectivity index (χ4n) is 2.61. The number of rotatable bonds is 5. The number of carbonyl (C=O) groups excluding carboxylic acids is 1. The number of hydrogen-bond acceptors (Lipinski definition) is 4. The molecule has 0 atom stereocenters. The Bertz CT molecular complexity index is 1070. The van der Waals surface area contributed by atoms with Gasteiger partial charge in [0.15, 0.2) is 0 Å². The summed E-state index contributed by atoms with van der Waals surface area (Å²) in [7, 11) is -3.81. The second-order valence-corrected chi connectivity index (χ2v) is 7.91. The van der Waals surface area contributed by atoms with E-state index in [9.17, 15) is 13.2 Å². The van der Waals surface area contributed by atoms with Gasteiger partial charge in [-0.25, -0.2) is 8.42 Å². The molecule has 8 heteroatoms. The van der Waals surface area contributed by atoms with Gasteiger partial charge in [-0.15, -0.1) is 0 Å². The van der Waals surface area contributed by atoms with Crippen LogP contribution in [0.4, 0.5) is 11.4 Å². The van der Waals surface area contributed by atoms with Crippen molar-refractivity contribution in [3.05, 3.63) is 71.0 Å². The molecule has 140 valence electrons. The first-order valence-electron chi connectivity index (χ1n) is 8.29. The Morgan fingerprint density at radius 1 is 1.00 bits per heavy atom. The SMILES string of the molecule is Cc1ccc(S(=O)(=O)Nc2ccccc2C(=O)Nc2c(C)n[nH]c2C)cc1. The van der Waals surface area contributed by atoms with Crippen LogP contribution in [0.5, 0.6) is 0 Å². The molecule has 3 N–H and O–H groups in total.